The number of hydroxylamine groups is 1. The van der Waals surface area contributed by atoms with Crippen LogP contribution in [0.2, 0.25) is 0 Å². The summed E-state index contributed by atoms with van der Waals surface area (Å²) in [6, 6.07) is 11.8. The van der Waals surface area contributed by atoms with Crippen LogP contribution in [-0.4, -0.2) is 31.8 Å². The number of hydrogen-bond acceptors (Lipinski definition) is 4. The van der Waals surface area contributed by atoms with Gasteiger partial charge in [-0.1, -0.05) is 44.2 Å². The lowest BCUT2D eigenvalue weighted by Crippen LogP contribution is -2.49. The fraction of sp³-hybridized carbons (Fsp3) is 0.353. The molecule has 0 aliphatic heterocycles. The summed E-state index contributed by atoms with van der Waals surface area (Å²) in [5, 5.41) is 10.9. The normalized spacial score (nSPS) is 13.0. The van der Waals surface area contributed by atoms with E-state index in [1.54, 1.807) is 17.6 Å². The van der Waals surface area contributed by atoms with Crippen LogP contribution in [0.3, 0.4) is 0 Å². The molecule has 1 atom stereocenters. The molecule has 0 radical (unpaired) electrons. The molecule has 0 heterocycles. The molecule has 2 N–H and O–H groups in total. The first kappa shape index (κ1) is 18.2. The lowest BCUT2D eigenvalue weighted by atomic mass is 10.0. The molecule has 6 nitrogen and oxygen atoms in total. The summed E-state index contributed by atoms with van der Waals surface area (Å²) in [4.78, 5) is 12.1. The Morgan fingerprint density at radius 1 is 1.17 bits per heavy atom. The standard InChI is InChI=1S/C17H22N2O4S/c1-12(2)10-16(17(20)18-21)19(24(3,22)23)15-9-8-13-6-4-5-7-14(13)11-15/h4-9,11-12,16,21H,10H2,1-3H3,(H,18,20)/t16-/m1/s1. The molecule has 0 aliphatic carbocycles. The third kappa shape index (κ3) is 4.04. The molecule has 0 spiro atoms. The topological polar surface area (TPSA) is 86.7 Å². The molecule has 7 heteroatoms. The highest BCUT2D eigenvalue weighted by Crippen LogP contribution is 2.28. The minimum Gasteiger partial charge on any atom is -0.289 e. The van der Waals surface area contributed by atoms with Crippen LogP contribution in [0.25, 0.3) is 10.8 Å². The molecule has 0 unspecified atom stereocenters. The van der Waals surface area contributed by atoms with E-state index in [1.807, 2.05) is 44.2 Å². The van der Waals surface area contributed by atoms with Crippen LogP contribution in [0.4, 0.5) is 5.69 Å². The van der Waals surface area contributed by atoms with Gasteiger partial charge in [0, 0.05) is 0 Å². The molecule has 24 heavy (non-hydrogen) atoms. The quantitative estimate of drug-likeness (QED) is 0.619. The van der Waals surface area contributed by atoms with Crippen LogP contribution in [0.15, 0.2) is 42.5 Å². The summed E-state index contributed by atoms with van der Waals surface area (Å²) in [6.45, 7) is 3.77. The van der Waals surface area contributed by atoms with E-state index in [0.717, 1.165) is 21.3 Å². The van der Waals surface area contributed by atoms with E-state index < -0.39 is 22.0 Å². The van der Waals surface area contributed by atoms with Gasteiger partial charge in [0.15, 0.2) is 0 Å². The van der Waals surface area contributed by atoms with E-state index >= 15 is 0 Å². The molecule has 130 valence electrons. The van der Waals surface area contributed by atoms with Crippen molar-refractivity contribution >= 4 is 32.4 Å². The van der Waals surface area contributed by atoms with Crippen LogP contribution in [0, 0.1) is 5.92 Å². The van der Waals surface area contributed by atoms with E-state index in [0.29, 0.717) is 5.69 Å². The molecule has 0 bridgehead atoms. The molecule has 0 aliphatic rings. The summed E-state index contributed by atoms with van der Waals surface area (Å²) >= 11 is 0. The molecule has 0 fully saturated rings. The third-order valence-electron chi connectivity index (χ3n) is 3.74. The number of carbonyl (C=O) groups excluding carboxylic acids is 1. The van der Waals surface area contributed by atoms with Crippen LogP contribution >= 0.6 is 0 Å². The van der Waals surface area contributed by atoms with E-state index in [-0.39, 0.29) is 12.3 Å². The summed E-state index contributed by atoms with van der Waals surface area (Å²) in [5.41, 5.74) is 1.98. The predicted molar refractivity (Wildman–Crippen MR) is 94.4 cm³/mol. The van der Waals surface area contributed by atoms with E-state index in [4.69, 9.17) is 5.21 Å². The number of carbonyl (C=O) groups is 1. The van der Waals surface area contributed by atoms with Crippen molar-refractivity contribution in [3.05, 3.63) is 42.5 Å². The highest BCUT2D eigenvalue weighted by molar-refractivity contribution is 7.92. The van der Waals surface area contributed by atoms with Gasteiger partial charge in [-0.15, -0.1) is 0 Å². The van der Waals surface area contributed by atoms with Crippen molar-refractivity contribution in [2.24, 2.45) is 5.92 Å². The number of nitrogens with zero attached hydrogens (tertiary/aromatic N) is 1. The Hall–Kier alpha value is -2.12. The number of anilines is 1. The van der Waals surface area contributed by atoms with Gasteiger partial charge in [0.25, 0.3) is 5.91 Å². The minimum atomic E-state index is -3.73. The van der Waals surface area contributed by atoms with E-state index in [9.17, 15) is 13.2 Å². The fourth-order valence-corrected chi connectivity index (χ4v) is 3.89. The molecule has 1 amide bonds. The zero-order valence-corrected chi connectivity index (χ0v) is 14.7. The number of fused-ring (bicyclic) bond motifs is 1. The zero-order valence-electron chi connectivity index (χ0n) is 13.9. The van der Waals surface area contributed by atoms with Crippen LogP contribution in [-0.2, 0) is 14.8 Å². The van der Waals surface area contributed by atoms with Gasteiger partial charge in [0.1, 0.15) is 6.04 Å². The Kier molecular flexibility index (Phi) is 5.46. The van der Waals surface area contributed by atoms with Gasteiger partial charge >= 0.3 is 0 Å². The van der Waals surface area contributed by atoms with E-state index in [2.05, 4.69) is 0 Å². The first-order valence-electron chi connectivity index (χ1n) is 7.66. The fourth-order valence-electron chi connectivity index (χ4n) is 2.75. The van der Waals surface area contributed by atoms with Gasteiger partial charge in [-0.05, 0) is 35.2 Å². The Balaban J connectivity index is 2.59. The molecular formula is C17H22N2O4S. The smallest absolute Gasteiger partial charge is 0.267 e. The maximum Gasteiger partial charge on any atom is 0.267 e. The lowest BCUT2D eigenvalue weighted by molar-refractivity contribution is -0.130. The van der Waals surface area contributed by atoms with Gasteiger partial charge in [0.05, 0.1) is 11.9 Å². The van der Waals surface area contributed by atoms with Crippen LogP contribution in [0.1, 0.15) is 20.3 Å². The summed E-state index contributed by atoms with van der Waals surface area (Å²) in [7, 11) is -3.73. The number of sulfonamides is 1. The number of nitrogens with one attached hydrogen (secondary N) is 1. The molecule has 0 saturated carbocycles. The van der Waals surface area contributed by atoms with Crippen LogP contribution in [0.5, 0.6) is 0 Å². The SMILES string of the molecule is CC(C)C[C@H](C(=O)NO)N(c1ccc2ccccc2c1)S(C)(=O)=O. The maximum atomic E-state index is 12.4. The molecule has 0 aromatic heterocycles. The molecule has 0 saturated heterocycles. The second-order valence-corrected chi connectivity index (χ2v) is 8.07. The van der Waals surface area contributed by atoms with Crippen molar-refractivity contribution in [3.63, 3.8) is 0 Å². The van der Waals surface area contributed by atoms with Crippen LogP contribution < -0.4 is 9.79 Å². The Bertz CT molecular complexity index is 833. The van der Waals surface area contributed by atoms with Crippen molar-refractivity contribution < 1.29 is 18.4 Å². The first-order chi connectivity index (χ1) is 11.2. The van der Waals surface area contributed by atoms with Crippen molar-refractivity contribution in [1.82, 2.24) is 5.48 Å². The Morgan fingerprint density at radius 2 is 1.79 bits per heavy atom. The second kappa shape index (κ2) is 7.19. The number of rotatable bonds is 6. The molecular weight excluding hydrogens is 328 g/mol. The third-order valence-corrected chi connectivity index (χ3v) is 4.92. The summed E-state index contributed by atoms with van der Waals surface area (Å²) in [5.74, 6) is -0.681. The number of amides is 1. The number of benzene rings is 2. The van der Waals surface area contributed by atoms with Gasteiger partial charge in [-0.25, -0.2) is 13.9 Å². The van der Waals surface area contributed by atoms with Crippen molar-refractivity contribution in [3.8, 4) is 0 Å². The second-order valence-electron chi connectivity index (χ2n) is 6.21. The van der Waals surface area contributed by atoms with Gasteiger partial charge in [-0.2, -0.15) is 0 Å². The monoisotopic (exact) mass is 350 g/mol. The average Bonchev–Trinajstić information content (AvgIpc) is 2.51. The first-order valence-corrected chi connectivity index (χ1v) is 9.51. The Labute approximate surface area is 142 Å². The van der Waals surface area contributed by atoms with Crippen molar-refractivity contribution in [2.45, 2.75) is 26.3 Å². The summed E-state index contributed by atoms with van der Waals surface area (Å²) in [6.07, 6.45) is 1.34. The molecule has 2 aromatic carbocycles. The number of hydrogen-bond donors (Lipinski definition) is 2. The van der Waals surface area contributed by atoms with Gasteiger partial charge in [-0.3, -0.25) is 14.3 Å². The lowest BCUT2D eigenvalue weighted by Gasteiger charge is -2.31. The zero-order chi connectivity index (χ0) is 17.9. The molecule has 2 aromatic rings. The average molecular weight is 350 g/mol. The van der Waals surface area contributed by atoms with Gasteiger partial charge in [0.2, 0.25) is 10.0 Å². The maximum absolute atomic E-state index is 12.4. The predicted octanol–water partition coefficient (Wildman–Crippen LogP) is 2.53. The molecule has 2 rings (SSSR count). The highest BCUT2D eigenvalue weighted by Gasteiger charge is 2.33. The van der Waals surface area contributed by atoms with Crippen molar-refractivity contribution in [2.75, 3.05) is 10.6 Å². The largest absolute Gasteiger partial charge is 0.289 e. The summed E-state index contributed by atoms with van der Waals surface area (Å²) < 4.78 is 25.8. The van der Waals surface area contributed by atoms with Crippen molar-refractivity contribution in [1.29, 1.82) is 0 Å². The van der Waals surface area contributed by atoms with Gasteiger partial charge < -0.3 is 0 Å². The minimum absolute atomic E-state index is 0.0667. The Morgan fingerprint density at radius 3 is 2.33 bits per heavy atom. The van der Waals surface area contributed by atoms with E-state index in [1.165, 1.54) is 0 Å². The highest BCUT2D eigenvalue weighted by atomic mass is 32.2.